The van der Waals surface area contributed by atoms with Gasteiger partial charge in [0.1, 0.15) is 5.82 Å². The Labute approximate surface area is 152 Å². The Balaban J connectivity index is 1.97. The molecule has 0 aliphatic heterocycles. The predicted molar refractivity (Wildman–Crippen MR) is 101 cm³/mol. The Morgan fingerprint density at radius 1 is 1.12 bits per heavy atom. The van der Waals surface area contributed by atoms with Gasteiger partial charge in [-0.3, -0.25) is 4.79 Å². The molecule has 0 spiro atoms. The average Bonchev–Trinajstić information content (AvgIpc) is 3.08. The van der Waals surface area contributed by atoms with Crippen LogP contribution >= 0.6 is 0 Å². The Morgan fingerprint density at radius 3 is 2.58 bits per heavy atom. The van der Waals surface area contributed by atoms with Gasteiger partial charge in [0.25, 0.3) is 5.91 Å². The molecular weight excluding hydrogens is 329 g/mol. The van der Waals surface area contributed by atoms with Gasteiger partial charge >= 0.3 is 0 Å². The number of aromatic nitrogens is 2. The van der Waals surface area contributed by atoms with E-state index in [1.54, 1.807) is 29.3 Å². The topological polar surface area (TPSA) is 38.1 Å². The standard InChI is InChI=1S/C21H22FN3O/c1-14(2)25(20-12-15(3)8-9-16(20)4)21(26)19-10-11-24(23-19)18-7-5-6-17(22)13-18/h5-14H,1-4H3. The molecule has 0 saturated carbocycles. The molecular formula is C21H22FN3O. The Kier molecular flexibility index (Phi) is 4.89. The summed E-state index contributed by atoms with van der Waals surface area (Å²) >= 11 is 0. The number of carbonyl (C=O) groups excluding carboxylic acids is 1. The molecule has 1 heterocycles. The number of nitrogens with zero attached hydrogens (tertiary/aromatic N) is 3. The zero-order valence-electron chi connectivity index (χ0n) is 15.4. The number of rotatable bonds is 4. The first-order valence-corrected chi connectivity index (χ1v) is 8.59. The van der Waals surface area contributed by atoms with Gasteiger partial charge in [0.15, 0.2) is 5.69 Å². The van der Waals surface area contributed by atoms with Gasteiger partial charge in [-0.15, -0.1) is 0 Å². The predicted octanol–water partition coefficient (Wildman–Crippen LogP) is 4.68. The van der Waals surface area contributed by atoms with Crippen molar-refractivity contribution in [2.24, 2.45) is 0 Å². The molecule has 0 fully saturated rings. The lowest BCUT2D eigenvalue weighted by atomic mass is 10.1. The van der Waals surface area contributed by atoms with Gasteiger partial charge < -0.3 is 4.90 Å². The summed E-state index contributed by atoms with van der Waals surface area (Å²) in [5.74, 6) is -0.520. The second-order valence-corrected chi connectivity index (χ2v) is 6.68. The van der Waals surface area contributed by atoms with Crippen LogP contribution in [0.25, 0.3) is 5.69 Å². The fourth-order valence-electron chi connectivity index (χ4n) is 2.92. The SMILES string of the molecule is Cc1ccc(C)c(N(C(=O)c2ccn(-c3cccc(F)c3)n2)C(C)C)c1. The monoisotopic (exact) mass is 351 g/mol. The van der Waals surface area contributed by atoms with Crippen LogP contribution in [0.5, 0.6) is 0 Å². The van der Waals surface area contributed by atoms with Crippen LogP contribution in [0.3, 0.4) is 0 Å². The molecule has 0 N–H and O–H groups in total. The number of hydrogen-bond acceptors (Lipinski definition) is 2. The van der Waals surface area contributed by atoms with Crippen molar-refractivity contribution in [1.82, 2.24) is 9.78 Å². The van der Waals surface area contributed by atoms with Crippen molar-refractivity contribution >= 4 is 11.6 Å². The summed E-state index contributed by atoms with van der Waals surface area (Å²) in [5, 5.41) is 4.36. The Hall–Kier alpha value is -2.95. The zero-order chi connectivity index (χ0) is 18.8. The van der Waals surface area contributed by atoms with Crippen LogP contribution in [-0.4, -0.2) is 21.7 Å². The lowest BCUT2D eigenvalue weighted by Crippen LogP contribution is -2.38. The maximum absolute atomic E-state index is 13.4. The first-order chi connectivity index (χ1) is 12.4. The van der Waals surface area contributed by atoms with Crippen molar-refractivity contribution in [2.75, 3.05) is 4.90 Å². The molecule has 1 amide bonds. The second kappa shape index (κ2) is 7.12. The summed E-state index contributed by atoms with van der Waals surface area (Å²) in [6, 6.07) is 13.8. The minimum absolute atomic E-state index is 0.0256. The highest BCUT2D eigenvalue weighted by atomic mass is 19.1. The minimum Gasteiger partial charge on any atom is -0.304 e. The number of hydrogen-bond donors (Lipinski definition) is 0. The molecule has 0 aliphatic carbocycles. The first-order valence-electron chi connectivity index (χ1n) is 8.59. The van der Waals surface area contributed by atoms with Crippen LogP contribution in [0.2, 0.25) is 0 Å². The number of amides is 1. The number of carbonyl (C=O) groups is 1. The summed E-state index contributed by atoms with van der Waals surface area (Å²) < 4.78 is 15.0. The lowest BCUT2D eigenvalue weighted by molar-refractivity contribution is 0.0975. The normalized spacial score (nSPS) is 11.0. The van der Waals surface area contributed by atoms with Crippen LogP contribution < -0.4 is 4.90 Å². The molecule has 2 aromatic carbocycles. The van der Waals surface area contributed by atoms with Crippen LogP contribution in [-0.2, 0) is 0 Å². The van der Waals surface area contributed by atoms with E-state index in [1.807, 2.05) is 45.9 Å². The van der Waals surface area contributed by atoms with Crippen molar-refractivity contribution in [1.29, 1.82) is 0 Å². The first kappa shape index (κ1) is 17.9. The summed E-state index contributed by atoms with van der Waals surface area (Å²) in [6.07, 6.45) is 1.67. The smallest absolute Gasteiger partial charge is 0.279 e. The molecule has 0 unspecified atom stereocenters. The summed E-state index contributed by atoms with van der Waals surface area (Å²) in [7, 11) is 0. The molecule has 134 valence electrons. The summed E-state index contributed by atoms with van der Waals surface area (Å²) in [4.78, 5) is 14.9. The van der Waals surface area contributed by atoms with E-state index >= 15 is 0 Å². The van der Waals surface area contributed by atoms with Crippen LogP contribution in [0.15, 0.2) is 54.7 Å². The van der Waals surface area contributed by atoms with Crippen molar-refractivity contribution < 1.29 is 9.18 Å². The van der Waals surface area contributed by atoms with E-state index in [9.17, 15) is 9.18 Å². The van der Waals surface area contributed by atoms with E-state index in [-0.39, 0.29) is 17.8 Å². The molecule has 0 aliphatic rings. The highest BCUT2D eigenvalue weighted by Gasteiger charge is 2.24. The third kappa shape index (κ3) is 3.52. The van der Waals surface area contributed by atoms with Gasteiger partial charge in [0.05, 0.1) is 5.69 Å². The van der Waals surface area contributed by atoms with Crippen molar-refractivity contribution in [2.45, 2.75) is 33.7 Å². The maximum Gasteiger partial charge on any atom is 0.279 e. The molecule has 0 bridgehead atoms. The van der Waals surface area contributed by atoms with Gasteiger partial charge in [-0.1, -0.05) is 18.2 Å². The number of aryl methyl sites for hydroxylation is 2. The van der Waals surface area contributed by atoms with Gasteiger partial charge in [-0.05, 0) is 69.2 Å². The fourth-order valence-corrected chi connectivity index (χ4v) is 2.92. The highest BCUT2D eigenvalue weighted by molar-refractivity contribution is 6.05. The summed E-state index contributed by atoms with van der Waals surface area (Å²) in [6.45, 7) is 7.94. The minimum atomic E-state index is -0.343. The van der Waals surface area contributed by atoms with Crippen LogP contribution in [0, 0.1) is 19.7 Å². The quantitative estimate of drug-likeness (QED) is 0.684. The molecule has 3 rings (SSSR count). The molecule has 0 saturated heterocycles. The van der Waals surface area contributed by atoms with Gasteiger partial charge in [0.2, 0.25) is 0 Å². The highest BCUT2D eigenvalue weighted by Crippen LogP contribution is 2.25. The number of anilines is 1. The van der Waals surface area contributed by atoms with Crippen LogP contribution in [0.4, 0.5) is 10.1 Å². The largest absolute Gasteiger partial charge is 0.304 e. The van der Waals surface area contributed by atoms with E-state index in [0.717, 1.165) is 16.8 Å². The van der Waals surface area contributed by atoms with Gasteiger partial charge in [-0.2, -0.15) is 5.10 Å². The van der Waals surface area contributed by atoms with E-state index < -0.39 is 0 Å². The van der Waals surface area contributed by atoms with Gasteiger partial charge in [-0.25, -0.2) is 9.07 Å². The molecule has 1 aromatic heterocycles. The molecule has 5 heteroatoms. The van der Waals surface area contributed by atoms with E-state index in [2.05, 4.69) is 5.10 Å². The molecule has 0 atom stereocenters. The lowest BCUT2D eigenvalue weighted by Gasteiger charge is -2.28. The average molecular weight is 351 g/mol. The number of halogens is 1. The molecule has 3 aromatic rings. The summed E-state index contributed by atoms with van der Waals surface area (Å²) in [5.41, 5.74) is 3.90. The van der Waals surface area contributed by atoms with E-state index in [0.29, 0.717) is 11.4 Å². The Morgan fingerprint density at radius 2 is 1.88 bits per heavy atom. The molecule has 4 nitrogen and oxygen atoms in total. The van der Waals surface area contributed by atoms with Crippen molar-refractivity contribution in [3.05, 3.63) is 77.4 Å². The third-order valence-electron chi connectivity index (χ3n) is 4.24. The van der Waals surface area contributed by atoms with Crippen molar-refractivity contribution in [3.63, 3.8) is 0 Å². The number of benzene rings is 2. The van der Waals surface area contributed by atoms with Crippen molar-refractivity contribution in [3.8, 4) is 5.69 Å². The molecule has 26 heavy (non-hydrogen) atoms. The maximum atomic E-state index is 13.4. The molecule has 0 radical (unpaired) electrons. The fraction of sp³-hybridized carbons (Fsp3) is 0.238. The second-order valence-electron chi connectivity index (χ2n) is 6.68. The third-order valence-corrected chi connectivity index (χ3v) is 4.24. The zero-order valence-corrected chi connectivity index (χ0v) is 15.4. The van der Waals surface area contributed by atoms with E-state index in [1.165, 1.54) is 16.8 Å². The van der Waals surface area contributed by atoms with Crippen LogP contribution in [0.1, 0.15) is 35.5 Å². The van der Waals surface area contributed by atoms with Gasteiger partial charge in [0, 0.05) is 17.9 Å². The van der Waals surface area contributed by atoms with E-state index in [4.69, 9.17) is 0 Å². The Bertz CT molecular complexity index is 946.